The van der Waals surface area contributed by atoms with Gasteiger partial charge in [-0.2, -0.15) is 5.10 Å². The molecule has 0 aliphatic heterocycles. The molecule has 4 aromatic rings. The Kier molecular flexibility index (Phi) is 4.97. The monoisotopic (exact) mass is 376 g/mol. The zero-order chi connectivity index (χ0) is 19.3. The quantitative estimate of drug-likeness (QED) is 0.560. The predicted molar refractivity (Wildman–Crippen MR) is 101 cm³/mol. The van der Waals surface area contributed by atoms with Gasteiger partial charge in [-0.15, -0.1) is 0 Å². The maximum Gasteiger partial charge on any atom is 0.270 e. The number of benzene rings is 2. The number of pyridine rings is 1. The van der Waals surface area contributed by atoms with E-state index in [4.69, 9.17) is 4.74 Å². The molecule has 0 saturated carbocycles. The molecule has 2 heterocycles. The number of nitrogens with one attached hydrogen (secondary N) is 1. The highest BCUT2D eigenvalue weighted by Gasteiger charge is 2.11. The summed E-state index contributed by atoms with van der Waals surface area (Å²) in [6, 6.07) is 19.0. The SMILES string of the molecule is O=C(NCc1ccc(OCc2ccccc2F)cc1)c1cccc2ncnn12. The van der Waals surface area contributed by atoms with E-state index in [2.05, 4.69) is 15.4 Å². The van der Waals surface area contributed by atoms with E-state index >= 15 is 0 Å². The van der Waals surface area contributed by atoms with Crippen molar-refractivity contribution >= 4 is 11.6 Å². The second kappa shape index (κ2) is 7.87. The standard InChI is InChI=1S/C21H17FN4O2/c22-18-5-2-1-4-16(18)13-28-17-10-8-15(9-11-17)12-23-21(27)19-6-3-7-20-24-14-25-26(19)20/h1-11,14H,12-13H2,(H,23,27). The van der Waals surface area contributed by atoms with Crippen molar-refractivity contribution in [3.63, 3.8) is 0 Å². The Bertz CT molecular complexity index is 1110. The molecule has 6 nitrogen and oxygen atoms in total. The van der Waals surface area contributed by atoms with Crippen LogP contribution < -0.4 is 10.1 Å². The molecule has 140 valence electrons. The molecule has 28 heavy (non-hydrogen) atoms. The molecular formula is C21H17FN4O2. The van der Waals surface area contributed by atoms with Crippen molar-refractivity contribution < 1.29 is 13.9 Å². The van der Waals surface area contributed by atoms with Crippen molar-refractivity contribution in [1.82, 2.24) is 19.9 Å². The number of ether oxygens (including phenoxy) is 1. The van der Waals surface area contributed by atoms with Crippen molar-refractivity contribution in [2.75, 3.05) is 0 Å². The van der Waals surface area contributed by atoms with Gasteiger partial charge in [-0.1, -0.05) is 36.4 Å². The molecule has 0 aliphatic rings. The first kappa shape index (κ1) is 17.7. The lowest BCUT2D eigenvalue weighted by Gasteiger charge is -2.09. The second-order valence-electron chi connectivity index (χ2n) is 6.15. The van der Waals surface area contributed by atoms with Crippen LogP contribution in [0.2, 0.25) is 0 Å². The van der Waals surface area contributed by atoms with Gasteiger partial charge in [0, 0.05) is 12.1 Å². The van der Waals surface area contributed by atoms with Gasteiger partial charge in [0.1, 0.15) is 30.2 Å². The molecule has 0 radical (unpaired) electrons. The fourth-order valence-electron chi connectivity index (χ4n) is 2.77. The van der Waals surface area contributed by atoms with Crippen LogP contribution in [0, 0.1) is 5.82 Å². The lowest BCUT2D eigenvalue weighted by Crippen LogP contribution is -2.25. The highest BCUT2D eigenvalue weighted by Crippen LogP contribution is 2.16. The number of amides is 1. The van der Waals surface area contributed by atoms with Crippen LogP contribution in [0.25, 0.3) is 5.65 Å². The molecule has 0 atom stereocenters. The first-order valence-corrected chi connectivity index (χ1v) is 8.73. The number of nitrogens with zero attached hydrogens (tertiary/aromatic N) is 3. The van der Waals surface area contributed by atoms with Gasteiger partial charge in [0.05, 0.1) is 0 Å². The molecule has 2 aromatic heterocycles. The molecule has 0 aliphatic carbocycles. The van der Waals surface area contributed by atoms with E-state index in [1.54, 1.807) is 48.5 Å². The van der Waals surface area contributed by atoms with Crippen molar-refractivity contribution in [3.8, 4) is 5.75 Å². The molecule has 1 N–H and O–H groups in total. The topological polar surface area (TPSA) is 68.5 Å². The van der Waals surface area contributed by atoms with Crippen LogP contribution in [0.1, 0.15) is 21.6 Å². The van der Waals surface area contributed by atoms with E-state index in [1.165, 1.54) is 16.9 Å². The van der Waals surface area contributed by atoms with Crippen molar-refractivity contribution in [2.24, 2.45) is 0 Å². The third-order valence-electron chi connectivity index (χ3n) is 4.26. The molecule has 0 unspecified atom stereocenters. The van der Waals surface area contributed by atoms with Crippen molar-refractivity contribution in [1.29, 1.82) is 0 Å². The fourth-order valence-corrected chi connectivity index (χ4v) is 2.77. The number of carbonyl (C=O) groups is 1. The van der Waals surface area contributed by atoms with E-state index < -0.39 is 0 Å². The van der Waals surface area contributed by atoms with Crippen LogP contribution in [0.3, 0.4) is 0 Å². The molecule has 1 amide bonds. The lowest BCUT2D eigenvalue weighted by molar-refractivity contribution is 0.0943. The number of halogens is 1. The van der Waals surface area contributed by atoms with Crippen LogP contribution >= 0.6 is 0 Å². The highest BCUT2D eigenvalue weighted by atomic mass is 19.1. The highest BCUT2D eigenvalue weighted by molar-refractivity contribution is 5.93. The minimum atomic E-state index is -0.288. The van der Waals surface area contributed by atoms with Gasteiger partial charge >= 0.3 is 0 Å². The van der Waals surface area contributed by atoms with E-state index in [9.17, 15) is 9.18 Å². The van der Waals surface area contributed by atoms with Crippen LogP contribution in [0.4, 0.5) is 4.39 Å². The second-order valence-corrected chi connectivity index (χ2v) is 6.15. The number of aromatic nitrogens is 3. The minimum absolute atomic E-state index is 0.157. The summed E-state index contributed by atoms with van der Waals surface area (Å²) in [6.07, 6.45) is 1.41. The van der Waals surface area contributed by atoms with E-state index in [1.807, 2.05) is 12.1 Å². The summed E-state index contributed by atoms with van der Waals surface area (Å²) in [4.78, 5) is 16.5. The largest absolute Gasteiger partial charge is 0.489 e. The van der Waals surface area contributed by atoms with Gasteiger partial charge in [0.25, 0.3) is 5.91 Å². The van der Waals surface area contributed by atoms with Gasteiger partial charge in [0.2, 0.25) is 0 Å². The average Bonchev–Trinajstić information content (AvgIpc) is 3.21. The van der Waals surface area contributed by atoms with Gasteiger partial charge in [-0.25, -0.2) is 13.9 Å². The summed E-state index contributed by atoms with van der Waals surface area (Å²) in [5.74, 6) is 0.103. The normalized spacial score (nSPS) is 10.8. The van der Waals surface area contributed by atoms with Crippen molar-refractivity contribution in [2.45, 2.75) is 13.2 Å². The Morgan fingerprint density at radius 3 is 2.68 bits per heavy atom. The molecule has 0 fully saturated rings. The first-order chi connectivity index (χ1) is 13.7. The summed E-state index contributed by atoms with van der Waals surface area (Å²) >= 11 is 0. The average molecular weight is 376 g/mol. The van der Waals surface area contributed by atoms with Crippen LogP contribution in [-0.2, 0) is 13.2 Å². The molecule has 4 rings (SSSR count). The van der Waals surface area contributed by atoms with Gasteiger partial charge in [0.15, 0.2) is 5.65 Å². The van der Waals surface area contributed by atoms with Gasteiger partial charge in [-0.3, -0.25) is 4.79 Å². The number of rotatable bonds is 6. The Morgan fingerprint density at radius 2 is 1.86 bits per heavy atom. The lowest BCUT2D eigenvalue weighted by atomic mass is 10.2. The third kappa shape index (κ3) is 3.83. The number of carbonyl (C=O) groups excluding carboxylic acids is 1. The molecule has 0 saturated heterocycles. The third-order valence-corrected chi connectivity index (χ3v) is 4.26. The predicted octanol–water partition coefficient (Wildman–Crippen LogP) is 3.38. The zero-order valence-corrected chi connectivity index (χ0v) is 14.9. The number of hydrogen-bond donors (Lipinski definition) is 1. The Morgan fingerprint density at radius 1 is 1.04 bits per heavy atom. The van der Waals surface area contributed by atoms with E-state index in [0.717, 1.165) is 5.56 Å². The molecule has 2 aromatic carbocycles. The van der Waals surface area contributed by atoms with E-state index in [-0.39, 0.29) is 18.3 Å². The Balaban J connectivity index is 1.35. The number of hydrogen-bond acceptors (Lipinski definition) is 4. The van der Waals surface area contributed by atoms with E-state index in [0.29, 0.717) is 29.2 Å². The van der Waals surface area contributed by atoms with Gasteiger partial charge in [-0.05, 0) is 35.9 Å². The van der Waals surface area contributed by atoms with Crippen LogP contribution in [-0.4, -0.2) is 20.5 Å². The summed E-state index contributed by atoms with van der Waals surface area (Å²) in [5, 5.41) is 6.92. The summed E-state index contributed by atoms with van der Waals surface area (Å²) in [6.45, 7) is 0.516. The molecule has 0 bridgehead atoms. The first-order valence-electron chi connectivity index (χ1n) is 8.73. The van der Waals surface area contributed by atoms with Crippen LogP contribution in [0.5, 0.6) is 5.75 Å². The molecule has 0 spiro atoms. The minimum Gasteiger partial charge on any atom is -0.489 e. The maximum absolute atomic E-state index is 13.6. The number of fused-ring (bicyclic) bond motifs is 1. The summed E-state index contributed by atoms with van der Waals surface area (Å²) in [5.41, 5.74) is 2.45. The fraction of sp³-hybridized carbons (Fsp3) is 0.0952. The van der Waals surface area contributed by atoms with Crippen molar-refractivity contribution in [3.05, 3.63) is 95.7 Å². The Labute approximate surface area is 160 Å². The molecule has 7 heteroatoms. The summed E-state index contributed by atoms with van der Waals surface area (Å²) in [7, 11) is 0. The molecular weight excluding hydrogens is 359 g/mol. The van der Waals surface area contributed by atoms with Crippen LogP contribution in [0.15, 0.2) is 73.1 Å². The zero-order valence-electron chi connectivity index (χ0n) is 14.9. The summed E-state index contributed by atoms with van der Waals surface area (Å²) < 4.78 is 20.7. The maximum atomic E-state index is 13.6. The van der Waals surface area contributed by atoms with Gasteiger partial charge < -0.3 is 10.1 Å². The Hall–Kier alpha value is -3.74. The smallest absolute Gasteiger partial charge is 0.270 e.